The molecular weight excluding hydrogens is 341 g/mol. The van der Waals surface area contributed by atoms with Crippen LogP contribution in [-0.4, -0.2) is 24.3 Å². The van der Waals surface area contributed by atoms with E-state index in [1.807, 2.05) is 41.1 Å². The molecule has 0 spiro atoms. The van der Waals surface area contributed by atoms with Crippen LogP contribution in [0.4, 0.5) is 4.39 Å². The lowest BCUT2D eigenvalue weighted by Gasteiger charge is -2.04. The van der Waals surface area contributed by atoms with Crippen molar-refractivity contribution >= 4 is 5.65 Å². The highest BCUT2D eigenvalue weighted by Gasteiger charge is 2.16. The summed E-state index contributed by atoms with van der Waals surface area (Å²) in [6.07, 6.45) is 9.15. The van der Waals surface area contributed by atoms with Crippen LogP contribution in [-0.2, 0) is 0 Å². The predicted molar refractivity (Wildman–Crippen MR) is 101 cm³/mol. The van der Waals surface area contributed by atoms with Crippen molar-refractivity contribution in [2.45, 2.75) is 0 Å². The fourth-order valence-corrected chi connectivity index (χ4v) is 3.11. The van der Waals surface area contributed by atoms with Gasteiger partial charge in [-0.15, -0.1) is 0 Å². The molecule has 0 aliphatic rings. The average Bonchev–Trinajstić information content (AvgIpc) is 3.36. The second-order valence-electron chi connectivity index (χ2n) is 6.16. The Morgan fingerprint density at radius 2 is 1.59 bits per heavy atom. The lowest BCUT2D eigenvalue weighted by molar-refractivity contribution is 0.628. The van der Waals surface area contributed by atoms with E-state index in [4.69, 9.17) is 4.98 Å². The molecule has 0 aliphatic carbocycles. The first-order valence-corrected chi connectivity index (χ1v) is 8.47. The molecule has 5 aromatic rings. The summed E-state index contributed by atoms with van der Waals surface area (Å²) < 4.78 is 15.2. The number of pyridine rings is 2. The van der Waals surface area contributed by atoms with Gasteiger partial charge in [-0.2, -0.15) is 0 Å². The van der Waals surface area contributed by atoms with Crippen molar-refractivity contribution in [3.63, 3.8) is 0 Å². The Kier molecular flexibility index (Phi) is 3.53. The van der Waals surface area contributed by atoms with Gasteiger partial charge in [-0.25, -0.2) is 14.4 Å². The summed E-state index contributed by atoms with van der Waals surface area (Å²) in [5.74, 6) is 0.410. The molecule has 5 nitrogen and oxygen atoms in total. The van der Waals surface area contributed by atoms with Crippen LogP contribution in [0.25, 0.3) is 39.5 Å². The molecule has 5 rings (SSSR count). The van der Waals surface area contributed by atoms with Crippen molar-refractivity contribution in [3.8, 4) is 33.9 Å². The molecule has 0 saturated heterocycles. The van der Waals surface area contributed by atoms with Crippen LogP contribution in [0.5, 0.6) is 0 Å². The number of nitrogens with one attached hydrogen (secondary N) is 1. The van der Waals surface area contributed by atoms with Gasteiger partial charge in [0.2, 0.25) is 0 Å². The number of aromatic nitrogens is 5. The minimum atomic E-state index is -0.273. The van der Waals surface area contributed by atoms with Crippen LogP contribution in [0.1, 0.15) is 0 Å². The molecule has 0 unspecified atom stereocenters. The number of nitrogens with zero attached hydrogens (tertiary/aromatic N) is 4. The van der Waals surface area contributed by atoms with Gasteiger partial charge in [0.15, 0.2) is 0 Å². The zero-order valence-corrected chi connectivity index (χ0v) is 14.2. The van der Waals surface area contributed by atoms with E-state index in [1.54, 1.807) is 30.7 Å². The molecule has 0 aliphatic heterocycles. The number of hydrogen-bond acceptors (Lipinski definition) is 3. The normalized spacial score (nSPS) is 11.1. The molecule has 27 heavy (non-hydrogen) atoms. The summed E-state index contributed by atoms with van der Waals surface area (Å²) in [5.41, 5.74) is 5.33. The summed E-state index contributed by atoms with van der Waals surface area (Å²) in [4.78, 5) is 16.6. The molecule has 4 heterocycles. The summed E-state index contributed by atoms with van der Waals surface area (Å²) in [7, 11) is 0. The number of aromatic amines is 1. The first-order valence-electron chi connectivity index (χ1n) is 8.47. The Balaban J connectivity index is 1.71. The maximum absolute atomic E-state index is 13.3. The Hall–Kier alpha value is -3.80. The molecule has 0 radical (unpaired) electrons. The van der Waals surface area contributed by atoms with E-state index < -0.39 is 0 Å². The van der Waals surface area contributed by atoms with Crippen molar-refractivity contribution in [1.29, 1.82) is 0 Å². The van der Waals surface area contributed by atoms with E-state index in [0.29, 0.717) is 5.82 Å². The predicted octanol–water partition coefficient (Wildman–Crippen LogP) is 4.59. The van der Waals surface area contributed by atoms with Crippen LogP contribution in [0.2, 0.25) is 0 Å². The molecule has 0 bridgehead atoms. The number of imidazole rings is 2. The van der Waals surface area contributed by atoms with E-state index in [0.717, 1.165) is 33.7 Å². The van der Waals surface area contributed by atoms with Gasteiger partial charge in [-0.3, -0.25) is 4.98 Å². The first-order chi connectivity index (χ1) is 13.3. The van der Waals surface area contributed by atoms with Crippen LogP contribution < -0.4 is 0 Å². The molecule has 0 atom stereocenters. The van der Waals surface area contributed by atoms with E-state index in [-0.39, 0.29) is 5.82 Å². The molecule has 130 valence electrons. The third kappa shape index (κ3) is 2.77. The van der Waals surface area contributed by atoms with Crippen molar-refractivity contribution in [2.24, 2.45) is 0 Å². The van der Waals surface area contributed by atoms with Gasteiger partial charge in [0.1, 0.15) is 17.3 Å². The van der Waals surface area contributed by atoms with Gasteiger partial charge in [0.05, 0.1) is 11.4 Å². The van der Waals surface area contributed by atoms with Crippen molar-refractivity contribution in [1.82, 2.24) is 24.3 Å². The Morgan fingerprint density at radius 3 is 2.41 bits per heavy atom. The lowest BCUT2D eigenvalue weighted by Crippen LogP contribution is -1.88. The van der Waals surface area contributed by atoms with Crippen molar-refractivity contribution in [2.75, 3.05) is 0 Å². The maximum atomic E-state index is 13.3. The topological polar surface area (TPSA) is 58.9 Å². The highest BCUT2D eigenvalue weighted by molar-refractivity contribution is 5.81. The number of benzene rings is 1. The zero-order valence-electron chi connectivity index (χ0n) is 14.2. The monoisotopic (exact) mass is 355 g/mol. The standard InChI is InChI=1S/C21H14FN5/c22-17-4-1-15(2-5-17)21-25-19(14-7-9-23-10-8-14)20(26-21)16-3-6-18-24-11-12-27(18)13-16/h1-13H,(H,25,26). The van der Waals surface area contributed by atoms with E-state index in [1.165, 1.54) is 12.1 Å². The molecule has 1 N–H and O–H groups in total. The molecule has 6 heteroatoms. The number of hydrogen-bond donors (Lipinski definition) is 1. The fraction of sp³-hybridized carbons (Fsp3) is 0. The molecule has 0 saturated carbocycles. The van der Waals surface area contributed by atoms with Gasteiger partial charge in [-0.05, 0) is 48.5 Å². The number of halogens is 1. The largest absolute Gasteiger partial charge is 0.337 e. The van der Waals surface area contributed by atoms with E-state index in [2.05, 4.69) is 15.0 Å². The molecule has 4 aromatic heterocycles. The third-order valence-corrected chi connectivity index (χ3v) is 4.45. The van der Waals surface area contributed by atoms with Gasteiger partial charge in [0.25, 0.3) is 0 Å². The van der Waals surface area contributed by atoms with Gasteiger partial charge in [0, 0.05) is 47.7 Å². The van der Waals surface area contributed by atoms with Gasteiger partial charge >= 0.3 is 0 Å². The Morgan fingerprint density at radius 1 is 0.815 bits per heavy atom. The summed E-state index contributed by atoms with van der Waals surface area (Å²) >= 11 is 0. The molecule has 0 fully saturated rings. The molecule has 0 amide bonds. The van der Waals surface area contributed by atoms with Crippen LogP contribution in [0.15, 0.2) is 79.5 Å². The SMILES string of the molecule is Fc1ccc(-c2nc(-c3ccc4nccn4c3)c(-c3ccncc3)[nH]2)cc1. The van der Waals surface area contributed by atoms with Crippen LogP contribution in [0, 0.1) is 5.82 Å². The number of rotatable bonds is 3. The zero-order chi connectivity index (χ0) is 18.2. The summed E-state index contributed by atoms with van der Waals surface area (Å²) in [6, 6.07) is 14.1. The minimum absolute atomic E-state index is 0.273. The lowest BCUT2D eigenvalue weighted by atomic mass is 10.1. The van der Waals surface area contributed by atoms with Gasteiger partial charge < -0.3 is 9.38 Å². The van der Waals surface area contributed by atoms with Crippen molar-refractivity contribution < 1.29 is 4.39 Å². The van der Waals surface area contributed by atoms with E-state index >= 15 is 0 Å². The number of fused-ring (bicyclic) bond motifs is 1. The van der Waals surface area contributed by atoms with E-state index in [9.17, 15) is 4.39 Å². The minimum Gasteiger partial charge on any atom is -0.337 e. The highest BCUT2D eigenvalue weighted by atomic mass is 19.1. The Bertz CT molecular complexity index is 1220. The highest BCUT2D eigenvalue weighted by Crippen LogP contribution is 2.32. The molecular formula is C21H14FN5. The van der Waals surface area contributed by atoms with Crippen molar-refractivity contribution in [3.05, 3.63) is 85.3 Å². The Labute approximate surface area is 154 Å². The van der Waals surface area contributed by atoms with Crippen LogP contribution >= 0.6 is 0 Å². The number of H-pyrrole nitrogens is 1. The third-order valence-electron chi connectivity index (χ3n) is 4.45. The smallest absolute Gasteiger partial charge is 0.138 e. The second-order valence-corrected chi connectivity index (χ2v) is 6.16. The first kappa shape index (κ1) is 15.5. The average molecular weight is 355 g/mol. The fourth-order valence-electron chi connectivity index (χ4n) is 3.11. The van der Waals surface area contributed by atoms with Crippen LogP contribution in [0.3, 0.4) is 0 Å². The summed E-state index contributed by atoms with van der Waals surface area (Å²) in [6.45, 7) is 0. The van der Waals surface area contributed by atoms with Gasteiger partial charge in [-0.1, -0.05) is 0 Å². The second kappa shape index (κ2) is 6.17. The maximum Gasteiger partial charge on any atom is 0.138 e. The molecule has 1 aromatic carbocycles. The quantitative estimate of drug-likeness (QED) is 0.515. The summed E-state index contributed by atoms with van der Waals surface area (Å²) in [5, 5.41) is 0.